The Morgan fingerprint density at radius 3 is 2.56 bits per heavy atom. The Balaban J connectivity index is 0.00000456. The molecule has 4 N–H and O–H groups in total. The molecule has 0 amide bonds. The van der Waals surface area contributed by atoms with Gasteiger partial charge in [-0.15, -0.1) is 12.4 Å². The summed E-state index contributed by atoms with van der Waals surface area (Å²) in [6, 6.07) is 7.06. The van der Waals surface area contributed by atoms with Crippen LogP contribution in [0.3, 0.4) is 0 Å². The molecule has 1 unspecified atom stereocenters. The van der Waals surface area contributed by atoms with Crippen LogP contribution in [0.25, 0.3) is 0 Å². The number of carbonyl (C=O) groups excluding carboxylic acids is 2. The smallest absolute Gasteiger partial charge is 0.336 e. The Hall–Kier alpha value is -3.21. The number of carbonyl (C=O) groups is 2. The number of ether oxygens (including phenoxy) is 3. The number of hydrogen-bond donors (Lipinski definition) is 3. The maximum atomic E-state index is 13.2. The van der Waals surface area contributed by atoms with Crippen molar-refractivity contribution in [1.29, 1.82) is 0 Å². The van der Waals surface area contributed by atoms with Gasteiger partial charge in [-0.05, 0) is 25.5 Å². The van der Waals surface area contributed by atoms with Crippen LogP contribution in [0.15, 0.2) is 53.0 Å². The number of hydrogen-bond acceptors (Lipinski definition) is 9. The minimum Gasteiger partial charge on any atom is -0.466 e. The minimum atomic E-state index is -0.788. The molecule has 1 aromatic heterocycles. The molecule has 3 rings (SSSR count). The first-order valence-corrected chi connectivity index (χ1v) is 11.5. The highest BCUT2D eigenvalue weighted by Gasteiger charge is 2.39. The van der Waals surface area contributed by atoms with E-state index < -0.39 is 17.9 Å². The van der Waals surface area contributed by atoms with Crippen LogP contribution in [0.2, 0.25) is 5.02 Å². The minimum absolute atomic E-state index is 0. The number of allylic oxidation sites excluding steroid dienone is 1. The third kappa shape index (κ3) is 6.51. The van der Waals surface area contributed by atoms with Crippen molar-refractivity contribution in [2.24, 2.45) is 0 Å². The molecule has 2 aromatic rings. The van der Waals surface area contributed by atoms with Crippen LogP contribution in [-0.4, -0.2) is 62.4 Å². The summed E-state index contributed by atoms with van der Waals surface area (Å²) in [6.45, 7) is 4.56. The van der Waals surface area contributed by atoms with Crippen LogP contribution >= 0.6 is 24.0 Å². The van der Waals surface area contributed by atoms with E-state index in [-0.39, 0.29) is 36.8 Å². The van der Waals surface area contributed by atoms with Gasteiger partial charge in [-0.2, -0.15) is 0 Å². The first-order chi connectivity index (χ1) is 16.8. The quantitative estimate of drug-likeness (QED) is 0.307. The van der Waals surface area contributed by atoms with Crippen LogP contribution in [0.1, 0.15) is 25.3 Å². The molecule has 0 saturated heterocycles. The predicted molar refractivity (Wildman–Crippen MR) is 140 cm³/mol. The van der Waals surface area contributed by atoms with Gasteiger partial charge in [0.2, 0.25) is 5.95 Å². The summed E-state index contributed by atoms with van der Waals surface area (Å²) in [5, 5.41) is 3.57. The molecule has 10 nitrogen and oxygen atoms in total. The van der Waals surface area contributed by atoms with Gasteiger partial charge in [0.05, 0.1) is 55.9 Å². The van der Waals surface area contributed by atoms with Crippen LogP contribution in [0.4, 0.5) is 11.8 Å². The third-order valence-electron chi connectivity index (χ3n) is 5.52. The van der Waals surface area contributed by atoms with Gasteiger partial charge in [-0.3, -0.25) is 0 Å². The zero-order chi connectivity index (χ0) is 25.5. The van der Waals surface area contributed by atoms with Gasteiger partial charge in [-0.1, -0.05) is 29.8 Å². The molecule has 1 aromatic carbocycles. The number of methoxy groups -OCH3 is 1. The number of imidazole rings is 1. The molecule has 12 heteroatoms. The Kier molecular flexibility index (Phi) is 10.6. The van der Waals surface area contributed by atoms with Crippen LogP contribution in [0.5, 0.6) is 0 Å². The number of nitrogen functional groups attached to an aromatic ring is 1. The number of halogens is 2. The van der Waals surface area contributed by atoms with Crippen molar-refractivity contribution in [1.82, 2.24) is 15.3 Å². The van der Waals surface area contributed by atoms with Crippen molar-refractivity contribution in [2.75, 3.05) is 51.2 Å². The maximum Gasteiger partial charge on any atom is 0.336 e. The summed E-state index contributed by atoms with van der Waals surface area (Å²) >= 11 is 6.51. The number of likely N-dealkylation sites (N-methyl/N-ethyl adjacent to an activating group) is 1. The summed E-state index contributed by atoms with van der Waals surface area (Å²) in [5.41, 5.74) is 7.83. The van der Waals surface area contributed by atoms with Gasteiger partial charge in [0.1, 0.15) is 5.82 Å². The second-order valence-corrected chi connectivity index (χ2v) is 8.27. The average Bonchev–Trinajstić information content (AvgIpc) is 3.27. The number of rotatable bonds is 10. The van der Waals surface area contributed by atoms with Crippen molar-refractivity contribution in [3.63, 3.8) is 0 Å². The van der Waals surface area contributed by atoms with Gasteiger partial charge in [0, 0.05) is 24.3 Å². The number of H-pyrrole nitrogens is 1. The van der Waals surface area contributed by atoms with E-state index in [1.54, 1.807) is 38.1 Å². The van der Waals surface area contributed by atoms with E-state index in [4.69, 9.17) is 31.5 Å². The number of esters is 2. The lowest BCUT2D eigenvalue weighted by Crippen LogP contribution is -2.35. The molecule has 0 saturated carbocycles. The molecule has 0 fully saturated rings. The highest BCUT2D eigenvalue weighted by atomic mass is 35.5. The topological polar surface area (TPSA) is 132 Å². The second kappa shape index (κ2) is 13.2. The van der Waals surface area contributed by atoms with Crippen molar-refractivity contribution in [2.45, 2.75) is 19.8 Å². The summed E-state index contributed by atoms with van der Waals surface area (Å²) in [7, 11) is 3.15. The van der Waals surface area contributed by atoms with E-state index in [2.05, 4.69) is 15.3 Å². The number of aromatic nitrogens is 2. The normalized spacial score (nSPS) is 15.2. The zero-order valence-electron chi connectivity index (χ0n) is 20.6. The van der Waals surface area contributed by atoms with E-state index >= 15 is 0 Å². The largest absolute Gasteiger partial charge is 0.466 e. The van der Waals surface area contributed by atoms with Gasteiger partial charge in [0.15, 0.2) is 0 Å². The van der Waals surface area contributed by atoms with Gasteiger partial charge in [0.25, 0.3) is 0 Å². The molecule has 1 aliphatic rings. The van der Waals surface area contributed by atoms with E-state index in [0.717, 1.165) is 0 Å². The van der Waals surface area contributed by atoms with Gasteiger partial charge >= 0.3 is 11.9 Å². The molecule has 0 bridgehead atoms. The molecule has 1 atom stereocenters. The number of nitrogens with two attached hydrogens (primary N) is 1. The average molecular weight is 540 g/mol. The fourth-order valence-corrected chi connectivity index (χ4v) is 4.11. The molecule has 196 valence electrons. The van der Waals surface area contributed by atoms with Crippen molar-refractivity contribution < 1.29 is 23.8 Å². The molecule has 36 heavy (non-hydrogen) atoms. The van der Waals surface area contributed by atoms with Crippen LogP contribution in [-0.2, 0) is 23.8 Å². The van der Waals surface area contributed by atoms with E-state index in [1.165, 1.54) is 13.3 Å². The standard InChI is InChI=1S/C24H30ClN5O5.ClH/c1-5-35-23(32)21-17(13-34-11-10-30(3)24-27-12-18(26)29-24)28-14(2)19(22(31)33-4)20(21)15-8-6-7-9-16(15)25;/h6-9,12,20,28H,5,10-11,13,26H2,1-4H3,(H,27,29);1H. The Morgan fingerprint density at radius 1 is 1.22 bits per heavy atom. The number of aromatic amines is 1. The summed E-state index contributed by atoms with van der Waals surface area (Å²) in [6.07, 6.45) is 1.54. The Labute approximate surface area is 221 Å². The lowest BCUT2D eigenvalue weighted by Gasteiger charge is -2.31. The third-order valence-corrected chi connectivity index (χ3v) is 5.87. The van der Waals surface area contributed by atoms with Crippen molar-refractivity contribution in [3.05, 3.63) is 63.6 Å². The molecule has 1 aliphatic heterocycles. The number of dihydropyridines is 1. The number of nitrogens with one attached hydrogen (secondary N) is 2. The van der Waals surface area contributed by atoms with E-state index in [9.17, 15) is 9.59 Å². The van der Waals surface area contributed by atoms with Crippen LogP contribution in [0, 0.1) is 0 Å². The second-order valence-electron chi connectivity index (χ2n) is 7.86. The first kappa shape index (κ1) is 29.0. The Morgan fingerprint density at radius 2 is 1.94 bits per heavy atom. The Bertz CT molecular complexity index is 1150. The fourth-order valence-electron chi connectivity index (χ4n) is 3.86. The van der Waals surface area contributed by atoms with Crippen molar-refractivity contribution in [3.8, 4) is 0 Å². The first-order valence-electron chi connectivity index (χ1n) is 11.1. The van der Waals surface area contributed by atoms with E-state index in [1.807, 2.05) is 11.9 Å². The highest BCUT2D eigenvalue weighted by Crippen LogP contribution is 2.41. The lowest BCUT2D eigenvalue weighted by molar-refractivity contribution is -0.139. The van der Waals surface area contributed by atoms with Gasteiger partial charge < -0.3 is 35.1 Å². The maximum absolute atomic E-state index is 13.2. The lowest BCUT2D eigenvalue weighted by atomic mass is 9.80. The molecule has 0 aliphatic carbocycles. The molecule has 2 heterocycles. The summed E-state index contributed by atoms with van der Waals surface area (Å²) in [4.78, 5) is 34.9. The molecular weight excluding hydrogens is 509 g/mol. The number of nitrogens with zero attached hydrogens (tertiary/aromatic N) is 2. The monoisotopic (exact) mass is 539 g/mol. The number of benzene rings is 1. The summed E-state index contributed by atoms with van der Waals surface area (Å²) < 4.78 is 16.3. The number of anilines is 2. The van der Waals surface area contributed by atoms with Crippen molar-refractivity contribution >= 4 is 47.7 Å². The van der Waals surface area contributed by atoms with Crippen LogP contribution < -0.4 is 16.0 Å². The molecular formula is C24H31Cl2N5O5. The zero-order valence-corrected chi connectivity index (χ0v) is 22.2. The predicted octanol–water partition coefficient (Wildman–Crippen LogP) is 3.17. The van der Waals surface area contributed by atoms with Gasteiger partial charge in [-0.25, -0.2) is 14.6 Å². The SMILES string of the molecule is CCOC(=O)C1=C(COCCN(C)c2ncc(N)[nH]2)NC(C)=C(C(=O)OC)C1c1ccccc1Cl.Cl. The van der Waals surface area contributed by atoms with E-state index in [0.29, 0.717) is 46.9 Å². The fraction of sp³-hybridized carbons (Fsp3) is 0.375. The molecule has 0 spiro atoms. The highest BCUT2D eigenvalue weighted by molar-refractivity contribution is 6.31. The summed E-state index contributed by atoms with van der Waals surface area (Å²) in [5.74, 6) is -0.836. The molecule has 0 radical (unpaired) electrons.